The number of nitrogens with zero attached hydrogens (tertiary/aromatic N) is 2. The number of carbonyl (C=O) groups excluding carboxylic acids is 4. The third kappa shape index (κ3) is 11.4. The number of hydrogen-bond donors (Lipinski definition) is 2. The van der Waals surface area contributed by atoms with Gasteiger partial charge < -0.3 is 18.9 Å². The van der Waals surface area contributed by atoms with Crippen molar-refractivity contribution in [2.75, 3.05) is 14.2 Å². The van der Waals surface area contributed by atoms with Crippen LogP contribution in [0.15, 0.2) is 104 Å². The molecule has 0 fully saturated rings. The molecule has 0 aromatic heterocycles. The Morgan fingerprint density at radius 2 is 1.00 bits per heavy atom. The van der Waals surface area contributed by atoms with Crippen LogP contribution in [-0.4, -0.2) is 50.4 Å². The van der Waals surface area contributed by atoms with Crippen molar-refractivity contribution >= 4 is 68.0 Å². The molecular weight excluding hydrogens is 764 g/mol. The maximum atomic E-state index is 12.6. The third-order valence-electron chi connectivity index (χ3n) is 6.59. The number of ether oxygens (including phenoxy) is 4. The highest BCUT2D eigenvalue weighted by molar-refractivity contribution is 9.10. The summed E-state index contributed by atoms with van der Waals surface area (Å²) in [6, 6.07) is 22.9. The quantitative estimate of drug-likeness (QED) is 0.0641. The lowest BCUT2D eigenvalue weighted by Gasteiger charge is -2.09. The molecule has 49 heavy (non-hydrogen) atoms. The molecule has 0 spiro atoms. The van der Waals surface area contributed by atoms with Crippen LogP contribution in [0.4, 0.5) is 0 Å². The van der Waals surface area contributed by atoms with Gasteiger partial charge in [0.05, 0.1) is 37.8 Å². The molecule has 2 N–H and O–H groups in total. The first-order valence-electron chi connectivity index (χ1n) is 14.6. The van der Waals surface area contributed by atoms with Crippen molar-refractivity contribution in [1.82, 2.24) is 10.9 Å². The van der Waals surface area contributed by atoms with Crippen LogP contribution in [0.1, 0.15) is 51.1 Å². The Labute approximate surface area is 298 Å². The minimum Gasteiger partial charge on any atom is -0.497 e. The summed E-state index contributed by atoms with van der Waals surface area (Å²) in [5.74, 6) is -0.289. The number of methoxy groups -OCH3 is 2. The predicted octanol–water partition coefficient (Wildman–Crippen LogP) is 6.44. The lowest BCUT2D eigenvalue weighted by molar-refractivity contribution is -0.122. The molecule has 2 amide bonds. The molecule has 0 aliphatic rings. The molecular formula is C35H30Br2N4O8. The molecule has 0 aliphatic carbocycles. The van der Waals surface area contributed by atoms with Crippen molar-refractivity contribution < 1.29 is 38.1 Å². The lowest BCUT2D eigenvalue weighted by atomic mass is 10.2. The molecule has 0 radical (unpaired) electrons. The number of nitrogens with one attached hydrogen (secondary N) is 2. The largest absolute Gasteiger partial charge is 0.497 e. The maximum absolute atomic E-state index is 12.6. The van der Waals surface area contributed by atoms with Crippen LogP contribution in [0, 0.1) is 0 Å². The monoisotopic (exact) mass is 792 g/mol. The zero-order chi connectivity index (χ0) is 35.2. The molecule has 0 heterocycles. The number of hydrogen-bond acceptors (Lipinski definition) is 10. The summed E-state index contributed by atoms with van der Waals surface area (Å²) in [6.45, 7) is 0. The smallest absolute Gasteiger partial charge is 0.343 e. The summed E-state index contributed by atoms with van der Waals surface area (Å²) < 4.78 is 22.7. The number of carbonyl (C=O) groups is 4. The van der Waals surface area contributed by atoms with Gasteiger partial charge in [-0.05, 0) is 91.3 Å². The molecule has 4 rings (SSSR count). The van der Waals surface area contributed by atoms with Crippen LogP contribution >= 0.6 is 31.9 Å². The highest BCUT2D eigenvalue weighted by Gasteiger charge is 2.14. The summed E-state index contributed by atoms with van der Waals surface area (Å²) in [4.78, 5) is 49.9. The van der Waals surface area contributed by atoms with E-state index in [-0.39, 0.29) is 30.8 Å². The second-order valence-corrected chi connectivity index (χ2v) is 11.9. The van der Waals surface area contributed by atoms with Gasteiger partial charge in [0.2, 0.25) is 11.8 Å². The van der Waals surface area contributed by atoms with Crippen molar-refractivity contribution in [2.24, 2.45) is 10.2 Å². The number of esters is 2. The van der Waals surface area contributed by atoms with Crippen LogP contribution in [-0.2, 0) is 9.59 Å². The molecule has 4 aromatic carbocycles. The van der Waals surface area contributed by atoms with Crippen molar-refractivity contribution in [3.8, 4) is 23.0 Å². The van der Waals surface area contributed by atoms with Gasteiger partial charge in [0.1, 0.15) is 23.0 Å². The number of rotatable bonds is 14. The van der Waals surface area contributed by atoms with Crippen molar-refractivity contribution in [3.63, 3.8) is 0 Å². The van der Waals surface area contributed by atoms with E-state index in [1.54, 1.807) is 84.9 Å². The summed E-state index contributed by atoms with van der Waals surface area (Å²) in [7, 11) is 3.06. The van der Waals surface area contributed by atoms with Crippen LogP contribution in [0.25, 0.3) is 0 Å². The number of hydrazone groups is 2. The molecule has 0 bridgehead atoms. The summed E-state index contributed by atoms with van der Waals surface area (Å²) in [6.07, 6.45) is 2.97. The second-order valence-electron chi connectivity index (χ2n) is 10.0. The lowest BCUT2D eigenvalue weighted by Crippen LogP contribution is -2.20. The molecule has 0 unspecified atom stereocenters. The van der Waals surface area contributed by atoms with Gasteiger partial charge in [0.25, 0.3) is 0 Å². The fourth-order valence-electron chi connectivity index (χ4n) is 4.07. The van der Waals surface area contributed by atoms with Crippen molar-refractivity contribution in [3.05, 3.63) is 116 Å². The highest BCUT2D eigenvalue weighted by atomic mass is 79.9. The maximum Gasteiger partial charge on any atom is 0.343 e. The number of halogens is 2. The third-order valence-corrected chi connectivity index (χ3v) is 7.58. The van der Waals surface area contributed by atoms with E-state index < -0.39 is 23.8 Å². The molecule has 0 saturated carbocycles. The molecule has 0 saturated heterocycles. The first kappa shape index (κ1) is 36.5. The number of benzene rings is 4. The Morgan fingerprint density at radius 3 is 1.37 bits per heavy atom. The van der Waals surface area contributed by atoms with E-state index >= 15 is 0 Å². The molecule has 4 aromatic rings. The SMILES string of the molecule is COc1ccc(C(=O)Oc2ccc(Br)cc2C=NNC(=O)CCCC(=O)NN=Cc2cc(Br)ccc2OC(=O)c2ccc(OC)cc2)cc1. The van der Waals surface area contributed by atoms with E-state index in [0.29, 0.717) is 42.7 Å². The standard InChI is InChI=1S/C35H30Br2N4O8/c1-46-28-12-6-22(7-13-28)34(44)48-30-16-10-26(36)18-24(30)20-38-40-32(42)4-3-5-33(43)41-39-21-25-19-27(37)11-17-31(25)49-35(45)23-8-14-29(47-2)15-9-23/h6-21H,3-5H2,1-2H3,(H,40,42)(H,41,43). The molecule has 252 valence electrons. The van der Waals surface area contributed by atoms with E-state index in [9.17, 15) is 19.2 Å². The van der Waals surface area contributed by atoms with E-state index in [0.717, 1.165) is 0 Å². The van der Waals surface area contributed by atoms with Gasteiger partial charge in [-0.2, -0.15) is 10.2 Å². The van der Waals surface area contributed by atoms with Gasteiger partial charge in [-0.1, -0.05) is 31.9 Å². The van der Waals surface area contributed by atoms with Crippen LogP contribution in [0.2, 0.25) is 0 Å². The van der Waals surface area contributed by atoms with Crippen LogP contribution in [0.5, 0.6) is 23.0 Å². The second kappa shape index (κ2) is 18.3. The van der Waals surface area contributed by atoms with E-state index in [1.807, 2.05) is 0 Å². The Bertz CT molecular complexity index is 1730. The minimum atomic E-state index is -0.573. The van der Waals surface area contributed by atoms with Crippen LogP contribution < -0.4 is 29.8 Å². The van der Waals surface area contributed by atoms with E-state index in [4.69, 9.17) is 18.9 Å². The topological polar surface area (TPSA) is 154 Å². The molecule has 0 aliphatic heterocycles. The van der Waals surface area contributed by atoms with E-state index in [2.05, 4.69) is 52.9 Å². The summed E-state index contributed by atoms with van der Waals surface area (Å²) in [5.41, 5.74) is 6.36. The summed E-state index contributed by atoms with van der Waals surface area (Å²) >= 11 is 6.75. The molecule has 12 nitrogen and oxygen atoms in total. The summed E-state index contributed by atoms with van der Waals surface area (Å²) in [5, 5.41) is 7.93. The van der Waals surface area contributed by atoms with Gasteiger partial charge in [0.15, 0.2) is 0 Å². The van der Waals surface area contributed by atoms with Gasteiger partial charge in [-0.25, -0.2) is 20.4 Å². The van der Waals surface area contributed by atoms with Crippen molar-refractivity contribution in [1.29, 1.82) is 0 Å². The zero-order valence-corrected chi connectivity index (χ0v) is 29.4. The fourth-order valence-corrected chi connectivity index (χ4v) is 4.82. The van der Waals surface area contributed by atoms with Crippen LogP contribution in [0.3, 0.4) is 0 Å². The van der Waals surface area contributed by atoms with Gasteiger partial charge >= 0.3 is 11.9 Å². The Morgan fingerprint density at radius 1 is 0.612 bits per heavy atom. The average Bonchev–Trinajstić information content (AvgIpc) is 3.10. The van der Waals surface area contributed by atoms with E-state index in [1.165, 1.54) is 26.6 Å². The van der Waals surface area contributed by atoms with Gasteiger partial charge in [-0.3, -0.25) is 9.59 Å². The Balaban J connectivity index is 1.23. The number of amides is 2. The van der Waals surface area contributed by atoms with Gasteiger partial charge in [-0.15, -0.1) is 0 Å². The minimum absolute atomic E-state index is 0.0172. The van der Waals surface area contributed by atoms with Crippen molar-refractivity contribution in [2.45, 2.75) is 19.3 Å². The average molecular weight is 794 g/mol. The van der Waals surface area contributed by atoms with Gasteiger partial charge in [0, 0.05) is 32.9 Å². The highest BCUT2D eigenvalue weighted by Crippen LogP contribution is 2.25. The molecule has 0 atom stereocenters. The molecule has 14 heteroatoms. The first-order chi connectivity index (χ1) is 23.6. The zero-order valence-electron chi connectivity index (χ0n) is 26.3. The first-order valence-corrected chi connectivity index (χ1v) is 16.2. The Kier molecular flexibility index (Phi) is 13.6. The fraction of sp³-hybridized carbons (Fsp3) is 0.143. The normalized spacial score (nSPS) is 10.9. The Hall–Kier alpha value is -5.34. The predicted molar refractivity (Wildman–Crippen MR) is 190 cm³/mol.